The maximum atomic E-state index is 13.3. The molecule has 2 amide bonds. The number of anilines is 1. The van der Waals surface area contributed by atoms with Gasteiger partial charge in [0, 0.05) is 47.0 Å². The van der Waals surface area contributed by atoms with Gasteiger partial charge in [-0.3, -0.25) is 15.6 Å². The number of benzene rings is 3. The topological polar surface area (TPSA) is 186 Å². The number of nitrogens with two attached hydrogens (primary N) is 2. The zero-order valence-corrected chi connectivity index (χ0v) is 25.9. The highest BCUT2D eigenvalue weighted by atomic mass is 16.6. The van der Waals surface area contributed by atoms with E-state index >= 15 is 0 Å². The van der Waals surface area contributed by atoms with Gasteiger partial charge in [-0.05, 0) is 57.6 Å². The standard InChI is InChI=1S/C34H42N6O5/c1-34(2,3)45-33(42)40-26-14-12-25(13-15-26)32(41)39-27-16-28(43-19-21-4-8-23(9-5-21)30(35)36)18-29(17-27)44-20-22-6-10-24(11-7-22)31(37)38/h4-11,16-18,25-26H,12-15,19-20H2,1-3H3,(H3,35,36)(H3,37,38)(H,39,41)(H,40,42). The lowest BCUT2D eigenvalue weighted by Gasteiger charge is -2.29. The van der Waals surface area contributed by atoms with Crippen molar-refractivity contribution in [1.82, 2.24) is 5.32 Å². The molecule has 0 heterocycles. The molecule has 3 aromatic rings. The van der Waals surface area contributed by atoms with Crippen molar-refractivity contribution in [3.63, 3.8) is 0 Å². The van der Waals surface area contributed by atoms with Crippen LogP contribution >= 0.6 is 0 Å². The van der Waals surface area contributed by atoms with Gasteiger partial charge in [0.2, 0.25) is 5.91 Å². The van der Waals surface area contributed by atoms with Crippen molar-refractivity contribution in [3.05, 3.63) is 89.0 Å². The molecule has 11 nitrogen and oxygen atoms in total. The highest BCUT2D eigenvalue weighted by molar-refractivity contribution is 5.95. The molecule has 11 heteroatoms. The number of amides is 2. The Kier molecular flexibility index (Phi) is 10.7. The first-order chi connectivity index (χ1) is 21.3. The van der Waals surface area contributed by atoms with Crippen LogP contribution in [0.25, 0.3) is 0 Å². The lowest BCUT2D eigenvalue weighted by atomic mass is 9.85. The number of hydrogen-bond donors (Lipinski definition) is 6. The summed E-state index contributed by atoms with van der Waals surface area (Å²) in [6.45, 7) is 5.99. The predicted molar refractivity (Wildman–Crippen MR) is 174 cm³/mol. The summed E-state index contributed by atoms with van der Waals surface area (Å²) in [5.74, 6) is 0.711. The average Bonchev–Trinajstić information content (AvgIpc) is 2.98. The van der Waals surface area contributed by atoms with Crippen LogP contribution in [0.4, 0.5) is 10.5 Å². The Labute approximate surface area is 263 Å². The molecule has 238 valence electrons. The average molecular weight is 615 g/mol. The third-order valence-electron chi connectivity index (χ3n) is 7.31. The fourth-order valence-electron chi connectivity index (χ4n) is 4.92. The Hall–Kier alpha value is -5.06. The second-order valence-electron chi connectivity index (χ2n) is 12.2. The lowest BCUT2D eigenvalue weighted by molar-refractivity contribution is -0.120. The van der Waals surface area contributed by atoms with Crippen molar-refractivity contribution in [1.29, 1.82) is 10.8 Å². The van der Waals surface area contributed by atoms with Crippen LogP contribution < -0.4 is 31.6 Å². The minimum absolute atomic E-state index is 0.00331. The van der Waals surface area contributed by atoms with Crippen LogP contribution in [0.1, 0.15) is 68.7 Å². The third kappa shape index (κ3) is 10.3. The van der Waals surface area contributed by atoms with Gasteiger partial charge in [0.05, 0.1) is 0 Å². The Morgan fingerprint density at radius 2 is 1.24 bits per heavy atom. The summed E-state index contributed by atoms with van der Waals surface area (Å²) in [7, 11) is 0. The summed E-state index contributed by atoms with van der Waals surface area (Å²) in [5.41, 5.74) is 14.1. The minimum atomic E-state index is -0.567. The molecule has 0 radical (unpaired) electrons. The summed E-state index contributed by atoms with van der Waals surface area (Å²) in [4.78, 5) is 25.4. The lowest BCUT2D eigenvalue weighted by Crippen LogP contribution is -2.42. The van der Waals surface area contributed by atoms with Gasteiger partial charge in [0.1, 0.15) is 42.0 Å². The highest BCUT2D eigenvalue weighted by Crippen LogP contribution is 2.30. The maximum Gasteiger partial charge on any atom is 0.407 e. The van der Waals surface area contributed by atoms with Crippen LogP contribution in [-0.2, 0) is 22.7 Å². The molecule has 1 aliphatic rings. The van der Waals surface area contributed by atoms with E-state index in [0.29, 0.717) is 54.0 Å². The Morgan fingerprint density at radius 1 is 0.778 bits per heavy atom. The molecule has 3 aromatic carbocycles. The molecule has 0 aliphatic heterocycles. The summed E-state index contributed by atoms with van der Waals surface area (Å²) in [5, 5.41) is 21.1. The number of ether oxygens (including phenoxy) is 3. The zero-order valence-electron chi connectivity index (χ0n) is 25.9. The Bertz CT molecular complexity index is 1430. The molecule has 0 spiro atoms. The van der Waals surface area contributed by atoms with Gasteiger partial charge in [0.25, 0.3) is 0 Å². The first-order valence-corrected chi connectivity index (χ1v) is 14.9. The van der Waals surface area contributed by atoms with Gasteiger partial charge in [-0.15, -0.1) is 0 Å². The van der Waals surface area contributed by atoms with Crippen LogP contribution in [0.15, 0.2) is 66.7 Å². The predicted octanol–water partition coefficient (Wildman–Crippen LogP) is 5.43. The molecule has 1 aliphatic carbocycles. The number of rotatable bonds is 11. The largest absolute Gasteiger partial charge is 0.489 e. The molecule has 0 atom stereocenters. The number of nitrogen functional groups attached to an aromatic ring is 2. The monoisotopic (exact) mass is 614 g/mol. The molecule has 0 unspecified atom stereocenters. The summed E-state index contributed by atoms with van der Waals surface area (Å²) >= 11 is 0. The van der Waals surface area contributed by atoms with E-state index in [0.717, 1.165) is 11.1 Å². The fourth-order valence-corrected chi connectivity index (χ4v) is 4.92. The second kappa shape index (κ2) is 14.6. The van der Waals surface area contributed by atoms with Crippen LogP contribution in [0.2, 0.25) is 0 Å². The number of carbonyl (C=O) groups excluding carboxylic acids is 2. The number of carbonyl (C=O) groups is 2. The van der Waals surface area contributed by atoms with Crippen LogP contribution in [0.5, 0.6) is 11.5 Å². The van der Waals surface area contributed by atoms with Gasteiger partial charge < -0.3 is 36.3 Å². The van der Waals surface area contributed by atoms with E-state index in [4.69, 9.17) is 36.5 Å². The van der Waals surface area contributed by atoms with E-state index in [1.165, 1.54) is 0 Å². The van der Waals surface area contributed by atoms with Crippen molar-refractivity contribution >= 4 is 29.4 Å². The van der Waals surface area contributed by atoms with E-state index in [9.17, 15) is 9.59 Å². The summed E-state index contributed by atoms with van der Waals surface area (Å²) in [6, 6.07) is 19.7. The molecule has 1 fully saturated rings. The summed E-state index contributed by atoms with van der Waals surface area (Å²) in [6.07, 6.45) is 2.19. The van der Waals surface area contributed by atoms with Crippen LogP contribution in [0, 0.1) is 16.7 Å². The van der Waals surface area contributed by atoms with E-state index in [-0.39, 0.29) is 42.8 Å². The molecule has 1 saturated carbocycles. The SMILES string of the molecule is CC(C)(C)OC(=O)NC1CCC(C(=O)Nc2cc(OCc3ccc(C(=N)N)cc3)cc(OCc3ccc(C(=N)N)cc3)c2)CC1. The zero-order chi connectivity index (χ0) is 32.6. The van der Waals surface area contributed by atoms with E-state index < -0.39 is 11.7 Å². The number of amidine groups is 2. The summed E-state index contributed by atoms with van der Waals surface area (Å²) < 4.78 is 17.5. The van der Waals surface area contributed by atoms with Crippen molar-refractivity contribution in [3.8, 4) is 11.5 Å². The van der Waals surface area contributed by atoms with Crippen LogP contribution in [0.3, 0.4) is 0 Å². The Balaban J connectivity index is 1.41. The van der Waals surface area contributed by atoms with Gasteiger partial charge in [0.15, 0.2) is 0 Å². The Morgan fingerprint density at radius 3 is 1.67 bits per heavy atom. The molecule has 8 N–H and O–H groups in total. The molecular weight excluding hydrogens is 572 g/mol. The molecule has 0 bridgehead atoms. The number of alkyl carbamates (subject to hydrolysis) is 1. The molecule has 0 aromatic heterocycles. The first-order valence-electron chi connectivity index (χ1n) is 14.9. The molecular formula is C34H42N6O5. The highest BCUT2D eigenvalue weighted by Gasteiger charge is 2.28. The van der Waals surface area contributed by atoms with Gasteiger partial charge in [-0.1, -0.05) is 48.5 Å². The smallest absolute Gasteiger partial charge is 0.407 e. The number of hydrogen-bond acceptors (Lipinski definition) is 7. The molecule has 4 rings (SSSR count). The van der Waals surface area contributed by atoms with E-state index in [1.807, 2.05) is 45.0 Å². The van der Waals surface area contributed by atoms with E-state index in [1.54, 1.807) is 42.5 Å². The van der Waals surface area contributed by atoms with E-state index in [2.05, 4.69) is 10.6 Å². The normalized spacial score (nSPS) is 16.2. The van der Waals surface area contributed by atoms with Crippen molar-refractivity contribution in [2.75, 3.05) is 5.32 Å². The third-order valence-corrected chi connectivity index (χ3v) is 7.31. The van der Waals surface area contributed by atoms with Crippen molar-refractivity contribution in [2.24, 2.45) is 17.4 Å². The van der Waals surface area contributed by atoms with Crippen molar-refractivity contribution < 1.29 is 23.8 Å². The van der Waals surface area contributed by atoms with Crippen molar-refractivity contribution in [2.45, 2.75) is 71.3 Å². The fraction of sp³-hybridized carbons (Fsp3) is 0.353. The number of nitrogens with one attached hydrogen (secondary N) is 4. The maximum absolute atomic E-state index is 13.3. The second-order valence-corrected chi connectivity index (χ2v) is 12.2. The van der Waals surface area contributed by atoms with Gasteiger partial charge in [-0.25, -0.2) is 4.79 Å². The molecule has 0 saturated heterocycles. The quantitative estimate of drug-likeness (QED) is 0.123. The molecule has 45 heavy (non-hydrogen) atoms. The van der Waals surface area contributed by atoms with Crippen LogP contribution in [-0.4, -0.2) is 35.3 Å². The van der Waals surface area contributed by atoms with Gasteiger partial charge in [-0.2, -0.15) is 0 Å². The van der Waals surface area contributed by atoms with Gasteiger partial charge >= 0.3 is 6.09 Å². The minimum Gasteiger partial charge on any atom is -0.489 e. The first kappa shape index (κ1) is 32.8.